The van der Waals surface area contributed by atoms with E-state index >= 15 is 0 Å². The molecule has 2 saturated heterocycles. The highest BCUT2D eigenvalue weighted by Crippen LogP contribution is 2.30. The fourth-order valence-electron chi connectivity index (χ4n) is 3.88. The molecule has 6 nitrogen and oxygen atoms in total. The number of nitrogens with one attached hydrogen (secondary N) is 1. The number of benzene rings is 1. The lowest BCUT2D eigenvalue weighted by Crippen LogP contribution is -2.58. The molecule has 0 bridgehead atoms. The van der Waals surface area contributed by atoms with Crippen LogP contribution in [0.3, 0.4) is 0 Å². The monoisotopic (exact) mass is 437 g/mol. The van der Waals surface area contributed by atoms with Crippen LogP contribution in [0.25, 0.3) is 0 Å². The average Bonchev–Trinajstić information content (AvgIpc) is 2.87. The first-order valence-corrected chi connectivity index (χ1v) is 10.8. The van der Waals surface area contributed by atoms with Crippen molar-refractivity contribution in [1.29, 1.82) is 0 Å². The van der Waals surface area contributed by atoms with Gasteiger partial charge in [0.1, 0.15) is 0 Å². The number of hydrogen-bond donors (Lipinski definition) is 1. The molecule has 1 aromatic carbocycles. The zero-order chi connectivity index (χ0) is 17.9. The molecule has 2 aliphatic rings. The van der Waals surface area contributed by atoms with Crippen LogP contribution in [0.1, 0.15) is 19.3 Å². The van der Waals surface area contributed by atoms with Crippen LogP contribution in [0.2, 0.25) is 0 Å². The Balaban J connectivity index is 0.00000182. The Bertz CT molecular complexity index is 710. The van der Waals surface area contributed by atoms with Gasteiger partial charge in [0.05, 0.1) is 0 Å². The van der Waals surface area contributed by atoms with Crippen LogP contribution in [-0.2, 0) is 14.6 Å². The van der Waals surface area contributed by atoms with Crippen molar-refractivity contribution in [2.75, 3.05) is 50.4 Å². The maximum Gasteiger partial charge on any atom is 0.244 e. The molecule has 2 aliphatic heterocycles. The second-order valence-corrected chi connectivity index (χ2v) is 9.31. The summed E-state index contributed by atoms with van der Waals surface area (Å²) in [6.07, 6.45) is 2.79. The zero-order valence-corrected chi connectivity index (χ0v) is 18.0. The number of rotatable bonds is 3. The molecule has 27 heavy (non-hydrogen) atoms. The second kappa shape index (κ2) is 9.96. The summed E-state index contributed by atoms with van der Waals surface area (Å²) in [5, 5.41) is 3.17. The molecular formula is C18H29Cl2N3O3S. The predicted octanol–water partition coefficient (Wildman–Crippen LogP) is 1.74. The summed E-state index contributed by atoms with van der Waals surface area (Å²) in [7, 11) is -3.46. The molecule has 0 unspecified atom stereocenters. The highest BCUT2D eigenvalue weighted by molar-refractivity contribution is 7.92. The first kappa shape index (κ1) is 24.0. The number of carbonyl (C=O) groups is 1. The van der Waals surface area contributed by atoms with Crippen LogP contribution in [0.4, 0.5) is 5.69 Å². The summed E-state index contributed by atoms with van der Waals surface area (Å²) < 4.78 is 23.7. The normalized spacial score (nSPS) is 20.0. The number of para-hydroxylation sites is 1. The lowest BCUT2D eigenvalue weighted by molar-refractivity contribution is -0.134. The molecule has 0 spiro atoms. The molecule has 0 aliphatic carbocycles. The van der Waals surface area contributed by atoms with Gasteiger partial charge in [-0.1, -0.05) is 18.2 Å². The summed E-state index contributed by atoms with van der Waals surface area (Å²) in [5.41, 5.74) is 1.15. The van der Waals surface area contributed by atoms with E-state index in [4.69, 9.17) is 0 Å². The Morgan fingerprint density at radius 3 is 2.22 bits per heavy atom. The van der Waals surface area contributed by atoms with E-state index in [0.717, 1.165) is 25.2 Å². The molecule has 1 N–H and O–H groups in total. The van der Waals surface area contributed by atoms with Gasteiger partial charge < -0.3 is 15.1 Å². The van der Waals surface area contributed by atoms with Crippen molar-refractivity contribution in [1.82, 2.24) is 10.2 Å². The van der Waals surface area contributed by atoms with E-state index in [0.29, 0.717) is 39.0 Å². The van der Waals surface area contributed by atoms with Gasteiger partial charge in [-0.2, -0.15) is 0 Å². The third-order valence-corrected chi connectivity index (χ3v) is 7.42. The number of amides is 1. The van der Waals surface area contributed by atoms with Gasteiger partial charge in [-0.05, 0) is 44.5 Å². The average molecular weight is 438 g/mol. The molecule has 2 fully saturated rings. The number of carbonyl (C=O) groups excluding carboxylic acids is 1. The van der Waals surface area contributed by atoms with E-state index in [1.54, 1.807) is 4.90 Å². The molecule has 0 saturated carbocycles. The van der Waals surface area contributed by atoms with E-state index in [9.17, 15) is 13.2 Å². The Morgan fingerprint density at radius 1 is 1.00 bits per heavy atom. The molecule has 1 aromatic rings. The highest BCUT2D eigenvalue weighted by atomic mass is 35.5. The Kier molecular flexibility index (Phi) is 8.86. The summed E-state index contributed by atoms with van der Waals surface area (Å²) in [6, 6.07) is 10.2. The van der Waals surface area contributed by atoms with Crippen molar-refractivity contribution in [3.8, 4) is 0 Å². The molecule has 154 valence electrons. The quantitative estimate of drug-likeness (QED) is 0.779. The SMILES string of the molecule is CS(=O)(=O)C1(C(=O)N2CCCN(c3ccccc3)CC2)CCNCC1.Cl.Cl. The summed E-state index contributed by atoms with van der Waals surface area (Å²) in [4.78, 5) is 17.3. The maximum absolute atomic E-state index is 13.2. The molecule has 3 rings (SSSR count). The first-order chi connectivity index (χ1) is 11.9. The first-order valence-electron chi connectivity index (χ1n) is 8.94. The molecule has 0 aromatic heterocycles. The van der Waals surface area contributed by atoms with Crippen molar-refractivity contribution < 1.29 is 13.2 Å². The lowest BCUT2D eigenvalue weighted by atomic mass is 9.95. The van der Waals surface area contributed by atoms with Gasteiger partial charge in [0.2, 0.25) is 5.91 Å². The van der Waals surface area contributed by atoms with Crippen molar-refractivity contribution >= 4 is 46.2 Å². The van der Waals surface area contributed by atoms with Crippen LogP contribution in [0.15, 0.2) is 30.3 Å². The van der Waals surface area contributed by atoms with Crippen molar-refractivity contribution in [3.63, 3.8) is 0 Å². The third-order valence-electron chi connectivity index (χ3n) is 5.42. The van der Waals surface area contributed by atoms with E-state index in [1.165, 1.54) is 6.26 Å². The van der Waals surface area contributed by atoms with Crippen LogP contribution in [0.5, 0.6) is 0 Å². The number of nitrogens with zero attached hydrogens (tertiary/aromatic N) is 2. The number of anilines is 1. The summed E-state index contributed by atoms with van der Waals surface area (Å²) in [5.74, 6) is -0.202. The minimum Gasteiger partial charge on any atom is -0.370 e. The number of piperidine rings is 1. The van der Waals surface area contributed by atoms with Gasteiger partial charge in [0.15, 0.2) is 14.6 Å². The molecule has 9 heteroatoms. The van der Waals surface area contributed by atoms with Crippen LogP contribution in [-0.4, -0.2) is 69.5 Å². The van der Waals surface area contributed by atoms with Crippen LogP contribution in [0, 0.1) is 0 Å². The van der Waals surface area contributed by atoms with Crippen LogP contribution < -0.4 is 10.2 Å². The van der Waals surface area contributed by atoms with Gasteiger partial charge in [0, 0.05) is 38.1 Å². The van der Waals surface area contributed by atoms with Gasteiger partial charge >= 0.3 is 0 Å². The molecule has 1 amide bonds. The molecule has 0 radical (unpaired) electrons. The smallest absolute Gasteiger partial charge is 0.244 e. The molecular weight excluding hydrogens is 409 g/mol. The van der Waals surface area contributed by atoms with E-state index in [1.807, 2.05) is 18.2 Å². The fraction of sp³-hybridized carbons (Fsp3) is 0.611. The topological polar surface area (TPSA) is 69.7 Å². The maximum atomic E-state index is 13.2. The second-order valence-electron chi connectivity index (χ2n) is 6.98. The zero-order valence-electron chi connectivity index (χ0n) is 15.6. The number of halogens is 2. The third kappa shape index (κ3) is 5.08. The van der Waals surface area contributed by atoms with E-state index in [-0.39, 0.29) is 30.7 Å². The standard InChI is InChI=1S/C18H27N3O3S.2ClH/c1-25(23,24)18(8-10-19-11-9-18)17(22)21-13-5-12-20(14-15-21)16-6-3-2-4-7-16;;/h2-4,6-7,19H,5,8-15H2,1H3;2*1H. The fourth-order valence-corrected chi connectivity index (χ4v) is 5.27. The summed E-state index contributed by atoms with van der Waals surface area (Å²) >= 11 is 0. The molecule has 0 atom stereocenters. The van der Waals surface area contributed by atoms with E-state index in [2.05, 4.69) is 22.3 Å². The number of sulfone groups is 1. The minimum atomic E-state index is -3.46. The highest BCUT2D eigenvalue weighted by Gasteiger charge is 2.50. The van der Waals surface area contributed by atoms with Crippen molar-refractivity contribution in [2.45, 2.75) is 24.0 Å². The largest absolute Gasteiger partial charge is 0.370 e. The molecule has 2 heterocycles. The Hall–Kier alpha value is -1.02. The van der Waals surface area contributed by atoms with E-state index < -0.39 is 14.6 Å². The lowest BCUT2D eigenvalue weighted by Gasteiger charge is -2.38. The predicted molar refractivity (Wildman–Crippen MR) is 114 cm³/mol. The van der Waals surface area contributed by atoms with Gasteiger partial charge in [-0.25, -0.2) is 8.42 Å². The summed E-state index contributed by atoms with van der Waals surface area (Å²) in [6.45, 7) is 3.94. The number of hydrogen-bond acceptors (Lipinski definition) is 5. The van der Waals surface area contributed by atoms with Gasteiger partial charge in [-0.3, -0.25) is 4.79 Å². The Morgan fingerprint density at radius 2 is 1.63 bits per heavy atom. The Labute approximate surface area is 174 Å². The van der Waals surface area contributed by atoms with Gasteiger partial charge in [-0.15, -0.1) is 24.8 Å². The van der Waals surface area contributed by atoms with Crippen LogP contribution >= 0.6 is 24.8 Å². The van der Waals surface area contributed by atoms with Crippen molar-refractivity contribution in [2.24, 2.45) is 0 Å². The minimum absolute atomic E-state index is 0. The van der Waals surface area contributed by atoms with Gasteiger partial charge in [0.25, 0.3) is 0 Å². The van der Waals surface area contributed by atoms with Crippen molar-refractivity contribution in [3.05, 3.63) is 30.3 Å².